The molecule has 0 saturated heterocycles. The Balaban J connectivity index is 0.00000128. The fraction of sp³-hybridized carbons (Fsp3) is 0.429. The monoisotopic (exact) mass is 348 g/mol. The minimum Gasteiger partial charge on any atom is -0.147 e. The van der Waals surface area contributed by atoms with E-state index in [0.717, 1.165) is 0 Å². The number of halogens is 2. The summed E-state index contributed by atoms with van der Waals surface area (Å²) in [7, 11) is 0. The van der Waals surface area contributed by atoms with Gasteiger partial charge in [-0.2, -0.15) is 0 Å². The summed E-state index contributed by atoms with van der Waals surface area (Å²) in [4.78, 5) is 0. The van der Waals surface area contributed by atoms with Crippen LogP contribution in [0.15, 0.2) is 42.5 Å². The van der Waals surface area contributed by atoms with Crippen molar-refractivity contribution < 1.29 is 23.2 Å². The summed E-state index contributed by atoms with van der Waals surface area (Å²) in [5.41, 5.74) is 1.69. The molecule has 0 radical (unpaired) electrons. The first-order valence-electron chi connectivity index (χ1n) is 5.91. The quantitative estimate of drug-likeness (QED) is 0.642. The number of rotatable bonds is 5. The van der Waals surface area contributed by atoms with Gasteiger partial charge in [0, 0.05) is 0 Å². The second-order valence-electron chi connectivity index (χ2n) is 4.16. The fourth-order valence-corrected chi connectivity index (χ4v) is 5.40. The molecule has 2 rings (SSSR count). The smallest absolute Gasteiger partial charge is 0.147 e. The van der Waals surface area contributed by atoms with E-state index in [0.29, 0.717) is 0 Å². The van der Waals surface area contributed by atoms with Crippen LogP contribution in [0.5, 0.6) is 0 Å². The van der Waals surface area contributed by atoms with Crippen molar-refractivity contribution in [2.45, 2.75) is 39.0 Å². The largest absolute Gasteiger partial charge is 0.147 e. The van der Waals surface area contributed by atoms with Crippen molar-refractivity contribution in [1.29, 1.82) is 0 Å². The zero-order chi connectivity index (χ0) is 10.5. The molecular weight excluding hydrogens is 330 g/mol. The minimum absolute atomic E-state index is 0. The standard InChI is InChI=1S/C9H13.C5H5.2ClH.Zr/c1-2-3-6-9-7-4-5-8-9;1-2-4-5-3-1;;;/h4,7H,2-3,5-6H2,1H3;1-3H,4H2;2*1H;. The molecule has 0 heterocycles. The molecule has 0 aromatic rings. The van der Waals surface area contributed by atoms with Gasteiger partial charge in [0.05, 0.1) is 0 Å². The van der Waals surface area contributed by atoms with Crippen LogP contribution in [-0.2, 0) is 23.2 Å². The van der Waals surface area contributed by atoms with Crippen LogP contribution in [0.3, 0.4) is 0 Å². The van der Waals surface area contributed by atoms with E-state index in [4.69, 9.17) is 0 Å². The third-order valence-electron chi connectivity index (χ3n) is 2.91. The van der Waals surface area contributed by atoms with E-state index < -0.39 is 0 Å². The number of unbranched alkanes of at least 4 members (excludes halogenated alkanes) is 1. The summed E-state index contributed by atoms with van der Waals surface area (Å²) in [6.45, 7) is 2.28. The van der Waals surface area contributed by atoms with E-state index in [1.165, 1.54) is 32.1 Å². The number of hydrogen-bond donors (Lipinski definition) is 0. The SMILES string of the molecule is CCCCC1=[C]([Zr][C]2=CC=CC2)CC=C1.Cl.Cl. The Bertz CT molecular complexity index is 351. The van der Waals surface area contributed by atoms with Crippen molar-refractivity contribution >= 4 is 24.8 Å². The van der Waals surface area contributed by atoms with Gasteiger partial charge in [0.1, 0.15) is 0 Å². The Labute approximate surface area is 129 Å². The second kappa shape index (κ2) is 9.37. The summed E-state index contributed by atoms with van der Waals surface area (Å²) in [6.07, 6.45) is 18.1. The van der Waals surface area contributed by atoms with E-state index in [-0.39, 0.29) is 48.0 Å². The molecule has 0 spiro atoms. The van der Waals surface area contributed by atoms with Crippen LogP contribution < -0.4 is 0 Å². The molecule has 3 heteroatoms. The maximum Gasteiger partial charge on any atom is -0.147 e. The summed E-state index contributed by atoms with van der Waals surface area (Å²) >= 11 is -0.387. The Morgan fingerprint density at radius 2 is 2.00 bits per heavy atom. The van der Waals surface area contributed by atoms with Gasteiger partial charge < -0.3 is 0 Å². The van der Waals surface area contributed by atoms with E-state index in [1.54, 1.807) is 8.85 Å². The predicted molar refractivity (Wildman–Crippen MR) is 76.6 cm³/mol. The zero-order valence-corrected chi connectivity index (χ0v) is 14.3. The van der Waals surface area contributed by atoms with E-state index in [9.17, 15) is 0 Å². The van der Waals surface area contributed by atoms with Crippen molar-refractivity contribution in [2.24, 2.45) is 0 Å². The van der Waals surface area contributed by atoms with E-state index in [2.05, 4.69) is 37.3 Å². The van der Waals surface area contributed by atoms with Crippen LogP contribution in [0, 0.1) is 0 Å². The second-order valence-corrected chi connectivity index (χ2v) is 7.84. The van der Waals surface area contributed by atoms with Crippen LogP contribution in [0.25, 0.3) is 0 Å². The first kappa shape index (κ1) is 17.4. The summed E-state index contributed by atoms with van der Waals surface area (Å²) in [5, 5.41) is 0. The van der Waals surface area contributed by atoms with Crippen LogP contribution in [0.4, 0.5) is 0 Å². The van der Waals surface area contributed by atoms with Crippen LogP contribution >= 0.6 is 24.8 Å². The molecule has 0 aliphatic heterocycles. The molecule has 0 nitrogen and oxygen atoms in total. The molecule has 0 bridgehead atoms. The molecule has 0 N–H and O–H groups in total. The average molecular weight is 350 g/mol. The molecule has 0 aromatic heterocycles. The van der Waals surface area contributed by atoms with Gasteiger partial charge in [-0.05, 0) is 0 Å². The van der Waals surface area contributed by atoms with Gasteiger partial charge in [-0.3, -0.25) is 0 Å². The molecule has 0 saturated carbocycles. The Kier molecular flexibility index (Phi) is 9.60. The average Bonchev–Trinajstić information content (AvgIpc) is 2.87. The maximum absolute atomic E-state index is 2.38. The van der Waals surface area contributed by atoms with Gasteiger partial charge in [0.15, 0.2) is 0 Å². The molecule has 0 atom stereocenters. The predicted octanol–water partition coefficient (Wildman–Crippen LogP) is 5.16. The van der Waals surface area contributed by atoms with Gasteiger partial charge in [-0.25, -0.2) is 0 Å². The van der Waals surface area contributed by atoms with Crippen molar-refractivity contribution in [2.75, 3.05) is 0 Å². The first-order chi connectivity index (χ1) is 7.40. The molecule has 2 aliphatic rings. The van der Waals surface area contributed by atoms with Crippen molar-refractivity contribution in [3.05, 3.63) is 42.5 Å². The van der Waals surface area contributed by atoms with Crippen LogP contribution in [0.2, 0.25) is 0 Å². The fourth-order valence-electron chi connectivity index (χ4n) is 2.02. The van der Waals surface area contributed by atoms with Gasteiger partial charge in [0.25, 0.3) is 0 Å². The number of hydrogen-bond acceptors (Lipinski definition) is 0. The molecule has 94 valence electrons. The molecule has 17 heavy (non-hydrogen) atoms. The van der Waals surface area contributed by atoms with Gasteiger partial charge in [-0.15, -0.1) is 24.8 Å². The summed E-state index contributed by atoms with van der Waals surface area (Å²) in [6, 6.07) is 0. The molecular formula is C14H20Cl2Zr. The maximum atomic E-state index is 2.38. The molecule has 0 unspecified atom stereocenters. The van der Waals surface area contributed by atoms with Crippen molar-refractivity contribution in [1.82, 2.24) is 0 Å². The third-order valence-corrected chi connectivity index (χ3v) is 6.64. The van der Waals surface area contributed by atoms with E-state index in [1.807, 2.05) is 3.28 Å². The first-order valence-corrected chi connectivity index (χ1v) is 8.37. The van der Waals surface area contributed by atoms with Crippen molar-refractivity contribution in [3.8, 4) is 0 Å². The summed E-state index contributed by atoms with van der Waals surface area (Å²) < 4.78 is 3.59. The van der Waals surface area contributed by atoms with Crippen LogP contribution in [0.1, 0.15) is 39.0 Å². The Morgan fingerprint density at radius 1 is 1.18 bits per heavy atom. The molecule has 0 amide bonds. The van der Waals surface area contributed by atoms with E-state index >= 15 is 0 Å². The molecule has 2 aliphatic carbocycles. The molecule has 0 aromatic carbocycles. The van der Waals surface area contributed by atoms with Crippen LogP contribution in [-0.4, -0.2) is 0 Å². The van der Waals surface area contributed by atoms with Gasteiger partial charge in [0.2, 0.25) is 0 Å². The zero-order valence-electron chi connectivity index (χ0n) is 10.2. The number of allylic oxidation sites excluding steroid dienone is 8. The Morgan fingerprint density at radius 3 is 2.65 bits per heavy atom. The summed E-state index contributed by atoms with van der Waals surface area (Å²) in [5.74, 6) is 0. The minimum atomic E-state index is -0.387. The Hall–Kier alpha value is 0.423. The van der Waals surface area contributed by atoms with Gasteiger partial charge in [-0.1, -0.05) is 0 Å². The molecule has 0 fully saturated rings. The normalized spacial score (nSPS) is 16.6. The third kappa shape index (κ3) is 5.29. The topological polar surface area (TPSA) is 0 Å². The van der Waals surface area contributed by atoms with Crippen molar-refractivity contribution in [3.63, 3.8) is 0 Å². The van der Waals surface area contributed by atoms with Gasteiger partial charge >= 0.3 is 105 Å².